The van der Waals surface area contributed by atoms with Gasteiger partial charge in [0.15, 0.2) is 0 Å². The van der Waals surface area contributed by atoms with Gasteiger partial charge in [0.25, 0.3) is 5.24 Å². The van der Waals surface area contributed by atoms with Gasteiger partial charge >= 0.3 is 0 Å². The molecule has 0 aromatic heterocycles. The molecule has 88 valence electrons. The molecule has 1 rings (SSSR count). The molecular formula is C8H5Cl3NO3S-. The molecule has 0 spiro atoms. The predicted octanol–water partition coefficient (Wildman–Crippen LogP) is 2.89. The van der Waals surface area contributed by atoms with Crippen LogP contribution in [0.2, 0.25) is 10.0 Å². The van der Waals surface area contributed by atoms with E-state index in [9.17, 15) is 13.6 Å². The SMILES string of the molecule is Cc1c(Cl)c(Cl)cc(C(=O)Cl)c1NS(=O)[O-]. The fraction of sp³-hybridized carbons (Fsp3) is 0.125. The zero-order chi connectivity index (χ0) is 12.5. The van der Waals surface area contributed by atoms with Gasteiger partial charge in [0.2, 0.25) is 0 Å². The van der Waals surface area contributed by atoms with Gasteiger partial charge in [0.05, 0.1) is 21.3 Å². The Morgan fingerprint density at radius 3 is 2.50 bits per heavy atom. The van der Waals surface area contributed by atoms with E-state index in [4.69, 9.17) is 34.8 Å². The molecule has 8 heteroatoms. The number of hydrogen-bond donors (Lipinski definition) is 1. The van der Waals surface area contributed by atoms with E-state index >= 15 is 0 Å². The third-order valence-corrected chi connectivity index (χ3v) is 3.31. The van der Waals surface area contributed by atoms with Crippen LogP contribution >= 0.6 is 34.8 Å². The van der Waals surface area contributed by atoms with Crippen molar-refractivity contribution in [1.29, 1.82) is 0 Å². The van der Waals surface area contributed by atoms with E-state index in [1.807, 2.05) is 0 Å². The highest BCUT2D eigenvalue weighted by Gasteiger charge is 2.17. The van der Waals surface area contributed by atoms with Crippen LogP contribution in [0.25, 0.3) is 0 Å². The lowest BCUT2D eigenvalue weighted by molar-refractivity contribution is 0.108. The highest BCUT2D eigenvalue weighted by atomic mass is 35.5. The maximum absolute atomic E-state index is 11.1. The lowest BCUT2D eigenvalue weighted by Crippen LogP contribution is -2.08. The molecule has 0 heterocycles. The summed E-state index contributed by atoms with van der Waals surface area (Å²) in [6.07, 6.45) is 0. The summed E-state index contributed by atoms with van der Waals surface area (Å²) < 4.78 is 23.2. The summed E-state index contributed by atoms with van der Waals surface area (Å²) in [4.78, 5) is 11.1. The Bertz CT molecular complexity index is 478. The Balaban J connectivity index is 3.47. The van der Waals surface area contributed by atoms with Crippen molar-refractivity contribution >= 4 is 57.0 Å². The van der Waals surface area contributed by atoms with Crippen LogP contribution in [0.15, 0.2) is 6.07 Å². The Hall–Kier alpha value is -0.330. The quantitative estimate of drug-likeness (QED) is 0.689. The molecule has 0 fully saturated rings. The molecule has 0 saturated heterocycles. The van der Waals surface area contributed by atoms with Crippen LogP contribution in [0.3, 0.4) is 0 Å². The van der Waals surface area contributed by atoms with Crippen LogP contribution in [0.1, 0.15) is 15.9 Å². The van der Waals surface area contributed by atoms with Gasteiger partial charge in [-0.3, -0.25) is 9.00 Å². The maximum Gasteiger partial charge on any atom is 0.254 e. The third kappa shape index (κ3) is 2.87. The number of carbonyl (C=O) groups excluding carboxylic acids is 1. The minimum Gasteiger partial charge on any atom is -0.755 e. The Labute approximate surface area is 109 Å². The van der Waals surface area contributed by atoms with Gasteiger partial charge in [-0.05, 0) is 30.2 Å². The molecule has 1 atom stereocenters. The summed E-state index contributed by atoms with van der Waals surface area (Å²) in [7, 11) is 0. The number of hydrogen-bond acceptors (Lipinski definition) is 3. The largest absolute Gasteiger partial charge is 0.755 e. The van der Waals surface area contributed by atoms with Crippen molar-refractivity contribution in [2.24, 2.45) is 0 Å². The van der Waals surface area contributed by atoms with Crippen LogP contribution in [0.5, 0.6) is 0 Å². The molecule has 0 saturated carbocycles. The van der Waals surface area contributed by atoms with Crippen molar-refractivity contribution in [1.82, 2.24) is 0 Å². The average Bonchev–Trinajstić information content (AvgIpc) is 2.17. The molecule has 0 aliphatic heterocycles. The minimum absolute atomic E-state index is 0.0303. The second-order valence-electron chi connectivity index (χ2n) is 2.83. The average molecular weight is 302 g/mol. The van der Waals surface area contributed by atoms with Gasteiger partial charge in [0.1, 0.15) is 0 Å². The molecular weight excluding hydrogens is 297 g/mol. The summed E-state index contributed by atoms with van der Waals surface area (Å²) >= 11 is 14.3. The van der Waals surface area contributed by atoms with E-state index < -0.39 is 16.5 Å². The molecule has 16 heavy (non-hydrogen) atoms. The number of anilines is 1. The van der Waals surface area contributed by atoms with E-state index in [0.717, 1.165) is 0 Å². The van der Waals surface area contributed by atoms with E-state index in [1.54, 1.807) is 0 Å². The maximum atomic E-state index is 11.1. The molecule has 0 aliphatic carbocycles. The molecule has 0 bridgehead atoms. The molecule has 1 N–H and O–H groups in total. The number of carbonyl (C=O) groups is 1. The number of nitrogens with one attached hydrogen (secondary N) is 1. The smallest absolute Gasteiger partial charge is 0.254 e. The molecule has 0 radical (unpaired) electrons. The fourth-order valence-electron chi connectivity index (χ4n) is 1.12. The monoisotopic (exact) mass is 300 g/mol. The van der Waals surface area contributed by atoms with Gasteiger partial charge < -0.3 is 9.27 Å². The molecule has 0 aliphatic rings. The summed E-state index contributed by atoms with van der Waals surface area (Å²) in [5, 5.41) is -0.531. The standard InChI is InChI=1S/C8H6Cl3NO3S/c1-3-6(10)5(9)2-4(8(11)13)7(3)12-16(14)15/h2,12H,1H3,(H,14,15)/p-1. The van der Waals surface area contributed by atoms with Crippen LogP contribution < -0.4 is 4.72 Å². The highest BCUT2D eigenvalue weighted by Crippen LogP contribution is 2.35. The summed E-state index contributed by atoms with van der Waals surface area (Å²) in [5.41, 5.74) is 0.322. The molecule has 1 aromatic rings. The van der Waals surface area contributed by atoms with Gasteiger partial charge in [-0.25, -0.2) is 0 Å². The topological polar surface area (TPSA) is 69.2 Å². The summed E-state index contributed by atoms with van der Waals surface area (Å²) in [5.74, 6) is 0. The van der Waals surface area contributed by atoms with Crippen LogP contribution in [0.4, 0.5) is 5.69 Å². The molecule has 0 amide bonds. The van der Waals surface area contributed by atoms with E-state index in [-0.39, 0.29) is 21.3 Å². The Morgan fingerprint density at radius 2 is 2.06 bits per heavy atom. The first-order valence-electron chi connectivity index (χ1n) is 3.89. The van der Waals surface area contributed by atoms with Crippen LogP contribution in [0, 0.1) is 6.92 Å². The third-order valence-electron chi connectivity index (χ3n) is 1.85. The first kappa shape index (κ1) is 13.7. The second-order valence-corrected chi connectivity index (χ2v) is 4.63. The number of rotatable bonds is 3. The van der Waals surface area contributed by atoms with Crippen molar-refractivity contribution in [2.45, 2.75) is 6.92 Å². The number of halogens is 3. The van der Waals surface area contributed by atoms with Crippen molar-refractivity contribution in [2.75, 3.05) is 4.72 Å². The molecule has 1 unspecified atom stereocenters. The Kier molecular flexibility index (Phi) is 4.58. The first-order valence-corrected chi connectivity index (χ1v) is 6.09. The van der Waals surface area contributed by atoms with Gasteiger partial charge in [0, 0.05) is 11.3 Å². The molecule has 4 nitrogen and oxygen atoms in total. The second kappa shape index (κ2) is 5.33. The Morgan fingerprint density at radius 1 is 1.50 bits per heavy atom. The fourth-order valence-corrected chi connectivity index (χ4v) is 2.10. The summed E-state index contributed by atoms with van der Waals surface area (Å²) in [6, 6.07) is 1.21. The highest BCUT2D eigenvalue weighted by molar-refractivity contribution is 7.80. The van der Waals surface area contributed by atoms with Crippen molar-refractivity contribution in [3.63, 3.8) is 0 Å². The molecule has 1 aromatic carbocycles. The summed E-state index contributed by atoms with van der Waals surface area (Å²) in [6.45, 7) is 1.52. The zero-order valence-corrected chi connectivity index (χ0v) is 10.9. The minimum atomic E-state index is -2.58. The van der Waals surface area contributed by atoms with Crippen LogP contribution in [-0.2, 0) is 11.3 Å². The van der Waals surface area contributed by atoms with E-state index in [0.29, 0.717) is 5.56 Å². The lowest BCUT2D eigenvalue weighted by Gasteiger charge is -2.16. The predicted molar refractivity (Wildman–Crippen MR) is 63.9 cm³/mol. The lowest BCUT2D eigenvalue weighted by atomic mass is 10.1. The van der Waals surface area contributed by atoms with Gasteiger partial charge in [-0.2, -0.15) is 0 Å². The normalized spacial score (nSPS) is 12.3. The van der Waals surface area contributed by atoms with Crippen molar-refractivity contribution in [3.8, 4) is 0 Å². The zero-order valence-electron chi connectivity index (χ0n) is 7.84. The van der Waals surface area contributed by atoms with Gasteiger partial charge in [-0.1, -0.05) is 23.2 Å². The van der Waals surface area contributed by atoms with E-state index in [1.165, 1.54) is 13.0 Å². The number of benzene rings is 1. The van der Waals surface area contributed by atoms with Crippen molar-refractivity contribution in [3.05, 3.63) is 27.2 Å². The van der Waals surface area contributed by atoms with Crippen molar-refractivity contribution < 1.29 is 13.6 Å². The first-order chi connectivity index (χ1) is 7.34. The van der Waals surface area contributed by atoms with E-state index in [2.05, 4.69) is 4.72 Å². The van der Waals surface area contributed by atoms with Gasteiger partial charge in [-0.15, -0.1) is 0 Å². The van der Waals surface area contributed by atoms with Crippen LogP contribution in [-0.4, -0.2) is 14.0 Å².